The van der Waals surface area contributed by atoms with E-state index in [1.54, 1.807) is 62.4 Å². The first kappa shape index (κ1) is 28.8. The first-order valence-corrected chi connectivity index (χ1v) is 10.6. The number of benzene rings is 2. The number of carbonyl (C=O) groups excluding carboxylic acids is 4. The summed E-state index contributed by atoms with van der Waals surface area (Å²) in [7, 11) is 0. The van der Waals surface area contributed by atoms with Gasteiger partial charge in [-0.25, -0.2) is 0 Å². The van der Waals surface area contributed by atoms with Crippen LogP contribution in [0.25, 0.3) is 0 Å². The number of fused-ring (bicyclic) bond motifs is 2. The first-order valence-electron chi connectivity index (χ1n) is 10.6. The Hall–Kier alpha value is -4.16. The van der Waals surface area contributed by atoms with E-state index in [-0.39, 0.29) is 28.9 Å². The Balaban J connectivity index is 0.000000895. The number of terminal acetylenes is 2. The van der Waals surface area contributed by atoms with Gasteiger partial charge in [0.15, 0.2) is 0 Å². The minimum absolute atomic E-state index is 0.286. The van der Waals surface area contributed by atoms with Gasteiger partial charge >= 0.3 is 0 Å². The second-order valence-electron chi connectivity index (χ2n) is 5.89. The molecule has 0 N–H and O–H groups in total. The number of imide groups is 2. The molecule has 0 saturated heterocycles. The standard InChI is InChI=1S/C17H10N2O4.2C3H4.2C2H6/c20-14-10-5-1-2-6-11(10)15(21)18(14)9-19-16(22)12-7-3-4-8-13(12)17(19)23;2*1-3-2;2*1-2/h1-8H,9H2;2*1H,2H3;2*1-2H3. The highest BCUT2D eigenvalue weighted by Gasteiger charge is 2.41. The monoisotopic (exact) mass is 446 g/mol. The van der Waals surface area contributed by atoms with Crippen LogP contribution in [0.4, 0.5) is 0 Å². The molecule has 33 heavy (non-hydrogen) atoms. The molecular formula is C27H30N2O4. The Kier molecular flexibility index (Phi) is 12.9. The quantitative estimate of drug-likeness (QED) is 0.487. The SMILES string of the molecule is C#CC.C#CC.CC.CC.O=C1c2ccccc2C(=O)N1CN1C(=O)c2ccccc2C1=O. The fourth-order valence-electron chi connectivity index (χ4n) is 2.88. The molecule has 0 fully saturated rings. The van der Waals surface area contributed by atoms with Crippen LogP contribution in [0.2, 0.25) is 0 Å². The zero-order valence-electron chi connectivity index (χ0n) is 20.0. The van der Waals surface area contributed by atoms with Gasteiger partial charge in [-0.3, -0.25) is 29.0 Å². The average Bonchev–Trinajstić information content (AvgIpc) is 3.24. The van der Waals surface area contributed by atoms with Crippen LogP contribution < -0.4 is 0 Å². The zero-order chi connectivity index (χ0) is 25.6. The fraction of sp³-hybridized carbons (Fsp3) is 0.259. The maximum Gasteiger partial charge on any atom is 0.263 e. The van der Waals surface area contributed by atoms with Gasteiger partial charge in [-0.05, 0) is 38.1 Å². The van der Waals surface area contributed by atoms with Gasteiger partial charge in [0.25, 0.3) is 23.6 Å². The lowest BCUT2D eigenvalue weighted by atomic mass is 10.1. The number of carbonyl (C=O) groups is 4. The Morgan fingerprint density at radius 3 is 0.939 bits per heavy atom. The highest BCUT2D eigenvalue weighted by Crippen LogP contribution is 2.26. The molecule has 2 aliphatic heterocycles. The topological polar surface area (TPSA) is 74.8 Å². The van der Waals surface area contributed by atoms with E-state index in [0.29, 0.717) is 0 Å². The molecule has 2 heterocycles. The number of amides is 4. The molecule has 2 aromatic rings. The number of rotatable bonds is 2. The van der Waals surface area contributed by atoms with E-state index in [1.165, 1.54) is 0 Å². The predicted molar refractivity (Wildman–Crippen MR) is 130 cm³/mol. The van der Waals surface area contributed by atoms with Crippen LogP contribution >= 0.6 is 0 Å². The number of hydrogen-bond donors (Lipinski definition) is 0. The normalized spacial score (nSPS) is 12.1. The molecule has 4 rings (SSSR count). The van der Waals surface area contributed by atoms with Crippen molar-refractivity contribution < 1.29 is 19.2 Å². The summed E-state index contributed by atoms with van der Waals surface area (Å²) in [5.41, 5.74) is 1.14. The van der Waals surface area contributed by atoms with E-state index in [0.717, 1.165) is 9.80 Å². The Morgan fingerprint density at radius 2 is 0.758 bits per heavy atom. The van der Waals surface area contributed by atoms with Gasteiger partial charge in [0.2, 0.25) is 0 Å². The molecular weight excluding hydrogens is 416 g/mol. The smallest absolute Gasteiger partial charge is 0.263 e. The highest BCUT2D eigenvalue weighted by atomic mass is 16.2. The van der Waals surface area contributed by atoms with Crippen LogP contribution in [0.3, 0.4) is 0 Å². The van der Waals surface area contributed by atoms with Crippen LogP contribution in [-0.2, 0) is 0 Å². The maximum absolute atomic E-state index is 12.3. The van der Waals surface area contributed by atoms with Crippen LogP contribution in [-0.4, -0.2) is 40.1 Å². The molecule has 0 bridgehead atoms. The molecule has 0 saturated carbocycles. The van der Waals surface area contributed by atoms with Crippen molar-refractivity contribution in [3.63, 3.8) is 0 Å². The first-order chi connectivity index (χ1) is 15.9. The third kappa shape index (κ3) is 6.41. The molecule has 0 aromatic heterocycles. The number of hydrogen-bond acceptors (Lipinski definition) is 4. The van der Waals surface area contributed by atoms with Gasteiger partial charge in [0.1, 0.15) is 6.67 Å². The van der Waals surface area contributed by atoms with Crippen molar-refractivity contribution >= 4 is 23.6 Å². The summed E-state index contributed by atoms with van der Waals surface area (Å²) in [5, 5.41) is 0. The minimum Gasteiger partial charge on any atom is -0.269 e. The van der Waals surface area contributed by atoms with E-state index in [9.17, 15) is 19.2 Å². The number of nitrogens with zero attached hydrogens (tertiary/aromatic N) is 2. The molecule has 2 aliphatic rings. The van der Waals surface area contributed by atoms with Crippen molar-refractivity contribution in [3.8, 4) is 24.7 Å². The van der Waals surface area contributed by atoms with Gasteiger partial charge in [-0.2, -0.15) is 0 Å². The summed E-state index contributed by atoms with van der Waals surface area (Å²) in [5.74, 6) is 2.51. The van der Waals surface area contributed by atoms with Gasteiger partial charge < -0.3 is 0 Å². The second-order valence-corrected chi connectivity index (χ2v) is 5.89. The summed E-state index contributed by atoms with van der Waals surface area (Å²) in [6, 6.07) is 12.9. The predicted octanol–water partition coefficient (Wildman–Crippen LogP) is 4.87. The lowest BCUT2D eigenvalue weighted by molar-refractivity contribution is 0.0471. The molecule has 0 aliphatic carbocycles. The van der Waals surface area contributed by atoms with Crippen molar-refractivity contribution in [2.75, 3.05) is 6.67 Å². The molecule has 0 unspecified atom stereocenters. The van der Waals surface area contributed by atoms with E-state index in [1.807, 2.05) is 27.7 Å². The van der Waals surface area contributed by atoms with Crippen LogP contribution in [0.1, 0.15) is 83.0 Å². The molecule has 172 valence electrons. The van der Waals surface area contributed by atoms with Crippen molar-refractivity contribution in [2.45, 2.75) is 41.5 Å². The summed E-state index contributed by atoms with van der Waals surface area (Å²) in [6.07, 6.45) is 9.19. The van der Waals surface area contributed by atoms with Crippen molar-refractivity contribution in [2.24, 2.45) is 0 Å². The molecule has 2 aromatic carbocycles. The van der Waals surface area contributed by atoms with Crippen LogP contribution in [0.5, 0.6) is 0 Å². The third-order valence-electron chi connectivity index (χ3n) is 4.04. The lowest BCUT2D eigenvalue weighted by Crippen LogP contribution is -2.43. The largest absolute Gasteiger partial charge is 0.269 e. The Bertz CT molecular complexity index is 919. The average molecular weight is 447 g/mol. The van der Waals surface area contributed by atoms with Crippen molar-refractivity contribution in [3.05, 3.63) is 70.8 Å². The van der Waals surface area contributed by atoms with Crippen molar-refractivity contribution in [1.29, 1.82) is 0 Å². The van der Waals surface area contributed by atoms with Crippen LogP contribution in [0, 0.1) is 24.7 Å². The van der Waals surface area contributed by atoms with Gasteiger partial charge in [0.05, 0.1) is 22.3 Å². The van der Waals surface area contributed by atoms with Gasteiger partial charge in [-0.1, -0.05) is 52.0 Å². The summed E-state index contributed by atoms with van der Waals surface area (Å²) in [4.78, 5) is 51.2. The maximum atomic E-state index is 12.3. The van der Waals surface area contributed by atoms with Gasteiger partial charge in [0, 0.05) is 0 Å². The van der Waals surface area contributed by atoms with E-state index in [4.69, 9.17) is 0 Å². The van der Waals surface area contributed by atoms with Crippen molar-refractivity contribution in [1.82, 2.24) is 9.80 Å². The lowest BCUT2D eigenvalue weighted by Gasteiger charge is -2.20. The third-order valence-corrected chi connectivity index (χ3v) is 4.04. The molecule has 0 radical (unpaired) electrons. The molecule has 0 atom stereocenters. The molecule has 6 heteroatoms. The van der Waals surface area contributed by atoms with Gasteiger partial charge in [-0.15, -0.1) is 24.7 Å². The fourth-order valence-corrected chi connectivity index (χ4v) is 2.88. The Morgan fingerprint density at radius 1 is 0.576 bits per heavy atom. The highest BCUT2D eigenvalue weighted by molar-refractivity contribution is 6.24. The molecule has 4 amide bonds. The summed E-state index contributed by atoms with van der Waals surface area (Å²) < 4.78 is 0. The van der Waals surface area contributed by atoms with E-state index >= 15 is 0 Å². The zero-order valence-corrected chi connectivity index (χ0v) is 20.0. The van der Waals surface area contributed by atoms with E-state index in [2.05, 4.69) is 24.7 Å². The van der Waals surface area contributed by atoms with E-state index < -0.39 is 23.6 Å². The summed E-state index contributed by atoms with van der Waals surface area (Å²) >= 11 is 0. The molecule has 0 spiro atoms. The Labute approximate surface area is 196 Å². The minimum atomic E-state index is -0.498. The second kappa shape index (κ2) is 14.8. The van der Waals surface area contributed by atoms with Crippen LogP contribution in [0.15, 0.2) is 48.5 Å². The molecule has 6 nitrogen and oxygen atoms in total. The summed E-state index contributed by atoms with van der Waals surface area (Å²) in [6.45, 7) is 10.9.